The van der Waals surface area contributed by atoms with E-state index in [1.807, 2.05) is 24.3 Å². The van der Waals surface area contributed by atoms with Gasteiger partial charge in [0.25, 0.3) is 5.56 Å². The quantitative estimate of drug-likeness (QED) is 0.666. The number of aromatic carboxylic acids is 1. The molecular formula is C19H15BrN2O3. The monoisotopic (exact) mass is 398 g/mol. The Bertz CT molecular complexity index is 982. The van der Waals surface area contributed by atoms with E-state index in [1.54, 1.807) is 24.3 Å². The predicted molar refractivity (Wildman–Crippen MR) is 99.1 cm³/mol. The van der Waals surface area contributed by atoms with Gasteiger partial charge in [-0.1, -0.05) is 46.3 Å². The van der Waals surface area contributed by atoms with E-state index in [1.165, 1.54) is 16.8 Å². The van der Waals surface area contributed by atoms with Crippen LogP contribution in [-0.4, -0.2) is 20.9 Å². The van der Waals surface area contributed by atoms with Crippen LogP contribution >= 0.6 is 15.9 Å². The van der Waals surface area contributed by atoms with E-state index < -0.39 is 5.97 Å². The van der Waals surface area contributed by atoms with Gasteiger partial charge in [0.05, 0.1) is 17.8 Å². The molecular weight excluding hydrogens is 384 g/mol. The van der Waals surface area contributed by atoms with Gasteiger partial charge in [-0.2, -0.15) is 5.10 Å². The van der Waals surface area contributed by atoms with Crippen molar-refractivity contribution in [2.24, 2.45) is 0 Å². The van der Waals surface area contributed by atoms with Crippen LogP contribution in [0.4, 0.5) is 0 Å². The van der Waals surface area contributed by atoms with Gasteiger partial charge < -0.3 is 5.11 Å². The van der Waals surface area contributed by atoms with Crippen LogP contribution in [0.5, 0.6) is 0 Å². The van der Waals surface area contributed by atoms with Crippen molar-refractivity contribution in [1.29, 1.82) is 0 Å². The lowest BCUT2D eigenvalue weighted by Gasteiger charge is -2.09. The van der Waals surface area contributed by atoms with E-state index in [-0.39, 0.29) is 17.7 Å². The number of carboxylic acids is 1. The van der Waals surface area contributed by atoms with Gasteiger partial charge in [0.2, 0.25) is 0 Å². The molecule has 2 aromatic carbocycles. The molecule has 0 unspecified atom stereocenters. The van der Waals surface area contributed by atoms with Crippen LogP contribution in [0.1, 0.15) is 21.5 Å². The van der Waals surface area contributed by atoms with E-state index in [2.05, 4.69) is 21.0 Å². The molecule has 0 saturated heterocycles. The molecule has 25 heavy (non-hydrogen) atoms. The van der Waals surface area contributed by atoms with Crippen molar-refractivity contribution in [3.8, 4) is 11.3 Å². The summed E-state index contributed by atoms with van der Waals surface area (Å²) in [6.45, 7) is 0.214. The first-order chi connectivity index (χ1) is 12.1. The molecule has 6 heteroatoms. The van der Waals surface area contributed by atoms with Crippen molar-refractivity contribution >= 4 is 21.9 Å². The number of hydrogen-bond acceptors (Lipinski definition) is 3. The second kappa shape index (κ2) is 7.44. The molecule has 0 atom stereocenters. The van der Waals surface area contributed by atoms with Gasteiger partial charge in [0, 0.05) is 17.0 Å². The molecule has 1 N–H and O–H groups in total. The minimum atomic E-state index is -0.998. The Hall–Kier alpha value is -2.73. The molecule has 0 amide bonds. The number of carbonyl (C=O) groups is 1. The van der Waals surface area contributed by atoms with Crippen molar-refractivity contribution in [1.82, 2.24) is 9.78 Å². The van der Waals surface area contributed by atoms with E-state index in [4.69, 9.17) is 5.11 Å². The number of hydrogen-bond donors (Lipinski definition) is 1. The molecule has 126 valence electrons. The van der Waals surface area contributed by atoms with Gasteiger partial charge in [0.1, 0.15) is 0 Å². The number of benzene rings is 2. The zero-order valence-electron chi connectivity index (χ0n) is 13.2. The largest absolute Gasteiger partial charge is 0.478 e. The average Bonchev–Trinajstić information content (AvgIpc) is 2.64. The number of carboxylic acid groups (broad SMARTS) is 1. The SMILES string of the molecule is O=C(O)c1cccc(Cn2nc(-c3cccc(CBr)c3)ccc2=O)c1. The minimum absolute atomic E-state index is 0.187. The highest BCUT2D eigenvalue weighted by Crippen LogP contribution is 2.18. The molecule has 1 aromatic heterocycles. The molecule has 3 rings (SSSR count). The molecule has 1 heterocycles. The fourth-order valence-electron chi connectivity index (χ4n) is 2.51. The van der Waals surface area contributed by atoms with Crippen LogP contribution in [0.3, 0.4) is 0 Å². The van der Waals surface area contributed by atoms with Gasteiger partial charge in [0.15, 0.2) is 0 Å². The van der Waals surface area contributed by atoms with Gasteiger partial charge in [-0.15, -0.1) is 0 Å². The van der Waals surface area contributed by atoms with Crippen molar-refractivity contribution in [3.05, 3.63) is 87.7 Å². The summed E-state index contributed by atoms with van der Waals surface area (Å²) >= 11 is 3.43. The topological polar surface area (TPSA) is 72.2 Å². The smallest absolute Gasteiger partial charge is 0.335 e. The summed E-state index contributed by atoms with van der Waals surface area (Å²) in [4.78, 5) is 23.2. The summed E-state index contributed by atoms with van der Waals surface area (Å²) in [5.41, 5.74) is 3.39. The highest BCUT2D eigenvalue weighted by molar-refractivity contribution is 9.08. The van der Waals surface area contributed by atoms with Crippen molar-refractivity contribution in [2.45, 2.75) is 11.9 Å². The second-order valence-electron chi connectivity index (χ2n) is 5.55. The lowest BCUT2D eigenvalue weighted by Crippen LogP contribution is -2.23. The Kier molecular flexibility index (Phi) is 5.09. The van der Waals surface area contributed by atoms with Gasteiger partial charge in [-0.25, -0.2) is 9.48 Å². The third-order valence-electron chi connectivity index (χ3n) is 3.75. The zero-order valence-corrected chi connectivity index (χ0v) is 14.8. The lowest BCUT2D eigenvalue weighted by atomic mass is 10.1. The highest BCUT2D eigenvalue weighted by Gasteiger charge is 2.07. The third kappa shape index (κ3) is 4.03. The summed E-state index contributed by atoms with van der Waals surface area (Å²) in [6.07, 6.45) is 0. The fourth-order valence-corrected chi connectivity index (χ4v) is 2.85. The first-order valence-electron chi connectivity index (χ1n) is 7.62. The molecule has 0 bridgehead atoms. The van der Waals surface area contributed by atoms with E-state index in [0.29, 0.717) is 11.3 Å². The molecule has 0 aliphatic heterocycles. The third-order valence-corrected chi connectivity index (χ3v) is 4.40. The van der Waals surface area contributed by atoms with E-state index in [0.717, 1.165) is 16.5 Å². The summed E-state index contributed by atoms with van der Waals surface area (Å²) in [5.74, 6) is -0.998. The van der Waals surface area contributed by atoms with Crippen LogP contribution in [0.15, 0.2) is 65.5 Å². The first kappa shape index (κ1) is 17.1. The van der Waals surface area contributed by atoms with Crippen molar-refractivity contribution in [2.75, 3.05) is 0 Å². The Morgan fingerprint density at radius 2 is 1.80 bits per heavy atom. The van der Waals surface area contributed by atoms with Crippen LogP contribution in [0.2, 0.25) is 0 Å². The first-order valence-corrected chi connectivity index (χ1v) is 8.74. The number of nitrogens with zero attached hydrogens (tertiary/aromatic N) is 2. The molecule has 0 spiro atoms. The minimum Gasteiger partial charge on any atom is -0.478 e. The second-order valence-corrected chi connectivity index (χ2v) is 6.11. The highest BCUT2D eigenvalue weighted by atomic mass is 79.9. The summed E-state index contributed by atoms with van der Waals surface area (Å²) in [5, 5.41) is 14.3. The normalized spacial score (nSPS) is 10.6. The number of halogens is 1. The van der Waals surface area contributed by atoms with Crippen LogP contribution in [0, 0.1) is 0 Å². The summed E-state index contributed by atoms with van der Waals surface area (Å²) in [7, 11) is 0. The Labute approximate surface area is 152 Å². The molecule has 0 aliphatic rings. The molecule has 5 nitrogen and oxygen atoms in total. The summed E-state index contributed by atoms with van der Waals surface area (Å²) in [6, 6.07) is 17.6. The maximum Gasteiger partial charge on any atom is 0.335 e. The number of alkyl halides is 1. The predicted octanol–water partition coefficient (Wildman–Crippen LogP) is 3.55. The Morgan fingerprint density at radius 1 is 1.04 bits per heavy atom. The number of aromatic nitrogens is 2. The Balaban J connectivity index is 1.96. The number of rotatable bonds is 5. The zero-order chi connectivity index (χ0) is 17.8. The average molecular weight is 399 g/mol. The maximum absolute atomic E-state index is 12.1. The Morgan fingerprint density at radius 3 is 2.56 bits per heavy atom. The fraction of sp³-hybridized carbons (Fsp3) is 0.105. The molecule has 0 saturated carbocycles. The van der Waals surface area contributed by atoms with Gasteiger partial charge in [-0.3, -0.25) is 4.79 Å². The van der Waals surface area contributed by atoms with Crippen molar-refractivity contribution in [3.63, 3.8) is 0 Å². The maximum atomic E-state index is 12.1. The van der Waals surface area contributed by atoms with Gasteiger partial charge >= 0.3 is 5.97 Å². The molecule has 0 radical (unpaired) electrons. The lowest BCUT2D eigenvalue weighted by molar-refractivity contribution is 0.0696. The van der Waals surface area contributed by atoms with Gasteiger partial charge in [-0.05, 0) is 35.4 Å². The van der Waals surface area contributed by atoms with Crippen molar-refractivity contribution < 1.29 is 9.90 Å². The van der Waals surface area contributed by atoms with Crippen LogP contribution in [0.25, 0.3) is 11.3 Å². The van der Waals surface area contributed by atoms with Crippen LogP contribution in [-0.2, 0) is 11.9 Å². The molecule has 0 aliphatic carbocycles. The summed E-state index contributed by atoms with van der Waals surface area (Å²) < 4.78 is 1.34. The van der Waals surface area contributed by atoms with E-state index >= 15 is 0 Å². The molecule has 0 fully saturated rings. The van der Waals surface area contributed by atoms with E-state index in [9.17, 15) is 9.59 Å². The molecule has 3 aromatic rings. The van der Waals surface area contributed by atoms with Crippen LogP contribution < -0.4 is 5.56 Å². The standard InChI is InChI=1S/C19H15BrN2O3/c20-11-13-3-1-5-15(9-13)17-7-8-18(23)22(21-17)12-14-4-2-6-16(10-14)19(24)25/h1-10H,11-12H2,(H,24,25).